The van der Waals surface area contributed by atoms with E-state index in [1.54, 1.807) is 0 Å². The molecule has 1 unspecified atom stereocenters. The second-order valence-electron chi connectivity index (χ2n) is 4.85. The van der Waals surface area contributed by atoms with Crippen LogP contribution >= 0.6 is 0 Å². The van der Waals surface area contributed by atoms with Gasteiger partial charge in [-0.2, -0.15) is 0 Å². The van der Waals surface area contributed by atoms with E-state index < -0.39 is 0 Å². The summed E-state index contributed by atoms with van der Waals surface area (Å²) in [4.78, 5) is 2.48. The van der Waals surface area contributed by atoms with Gasteiger partial charge in [-0.1, -0.05) is 19.8 Å². The Hall–Kier alpha value is -0.570. The fourth-order valence-corrected chi connectivity index (χ4v) is 2.54. The van der Waals surface area contributed by atoms with Crippen molar-refractivity contribution in [3.8, 4) is 0 Å². The van der Waals surface area contributed by atoms with Crippen LogP contribution in [0.4, 0.5) is 0 Å². The van der Waals surface area contributed by atoms with Crippen molar-refractivity contribution < 1.29 is 0 Å². The molecule has 0 saturated carbocycles. The van der Waals surface area contributed by atoms with Crippen molar-refractivity contribution in [3.63, 3.8) is 0 Å². The third-order valence-corrected chi connectivity index (χ3v) is 3.48. The number of piperidine rings is 1. The molecule has 88 valence electrons. The lowest BCUT2D eigenvalue weighted by atomic mass is 9.91. The minimum Gasteiger partial charge on any atom is -0.388 e. The maximum atomic E-state index is 7.30. The van der Waals surface area contributed by atoms with E-state index in [0.29, 0.717) is 11.9 Å². The minimum atomic E-state index is 0.318. The summed E-state index contributed by atoms with van der Waals surface area (Å²) in [5.41, 5.74) is 5.43. The van der Waals surface area contributed by atoms with Gasteiger partial charge in [0.1, 0.15) is 0 Å². The Morgan fingerprint density at radius 2 is 2.07 bits per heavy atom. The summed E-state index contributed by atoms with van der Waals surface area (Å²) < 4.78 is 0. The van der Waals surface area contributed by atoms with Crippen LogP contribution in [0.3, 0.4) is 0 Å². The summed E-state index contributed by atoms with van der Waals surface area (Å²) >= 11 is 0. The van der Waals surface area contributed by atoms with E-state index in [1.807, 2.05) is 0 Å². The number of amidine groups is 1. The normalized spacial score (nSPS) is 21.5. The zero-order valence-corrected chi connectivity index (χ0v) is 10.1. The zero-order chi connectivity index (χ0) is 11.3. The molecule has 1 heterocycles. The van der Waals surface area contributed by atoms with Crippen molar-refractivity contribution >= 4 is 5.84 Å². The van der Waals surface area contributed by atoms with Gasteiger partial charge < -0.3 is 10.6 Å². The molecule has 0 radical (unpaired) electrons. The van der Waals surface area contributed by atoms with E-state index >= 15 is 0 Å². The summed E-state index contributed by atoms with van der Waals surface area (Å²) in [5.74, 6) is 1.26. The molecule has 1 fully saturated rings. The first-order valence-electron chi connectivity index (χ1n) is 6.20. The highest BCUT2D eigenvalue weighted by atomic mass is 15.2. The van der Waals surface area contributed by atoms with Crippen molar-refractivity contribution in [2.45, 2.75) is 52.0 Å². The van der Waals surface area contributed by atoms with Gasteiger partial charge in [-0.3, -0.25) is 5.41 Å². The number of nitrogens with one attached hydrogen (secondary N) is 1. The van der Waals surface area contributed by atoms with Crippen molar-refractivity contribution in [1.29, 1.82) is 5.41 Å². The molecule has 0 aromatic rings. The summed E-state index contributed by atoms with van der Waals surface area (Å²) in [6, 6.07) is 0.449. The number of nitrogens with two attached hydrogens (primary N) is 1. The molecule has 0 aromatic heterocycles. The molecule has 1 atom stereocenters. The SMILES string of the molecule is CCCC1CCN(C(C)CC(=N)N)CC1. The molecule has 0 amide bonds. The third-order valence-electron chi connectivity index (χ3n) is 3.48. The van der Waals surface area contributed by atoms with Crippen molar-refractivity contribution in [1.82, 2.24) is 4.90 Å². The molecule has 1 saturated heterocycles. The van der Waals surface area contributed by atoms with Crippen molar-refractivity contribution in [3.05, 3.63) is 0 Å². The van der Waals surface area contributed by atoms with Crippen LogP contribution in [0, 0.1) is 11.3 Å². The van der Waals surface area contributed by atoms with Gasteiger partial charge in [0.25, 0.3) is 0 Å². The summed E-state index contributed by atoms with van der Waals surface area (Å²) in [7, 11) is 0. The highest BCUT2D eigenvalue weighted by Gasteiger charge is 2.22. The Kier molecular flexibility index (Phi) is 5.09. The van der Waals surface area contributed by atoms with Gasteiger partial charge in [0.2, 0.25) is 0 Å². The average Bonchev–Trinajstić information content (AvgIpc) is 2.18. The van der Waals surface area contributed by atoms with Crippen LogP contribution in [-0.4, -0.2) is 29.9 Å². The number of rotatable bonds is 5. The molecule has 0 aliphatic carbocycles. The first-order valence-corrected chi connectivity index (χ1v) is 6.20. The lowest BCUT2D eigenvalue weighted by Gasteiger charge is -2.35. The van der Waals surface area contributed by atoms with Gasteiger partial charge in [0, 0.05) is 12.5 Å². The Morgan fingerprint density at radius 3 is 2.53 bits per heavy atom. The molecule has 15 heavy (non-hydrogen) atoms. The van der Waals surface area contributed by atoms with E-state index in [9.17, 15) is 0 Å². The standard InChI is InChI=1S/C12H25N3/c1-3-4-11-5-7-15(8-6-11)10(2)9-12(13)14/h10-11H,3-9H2,1-2H3,(H3,13,14). The molecule has 1 rings (SSSR count). The number of nitrogens with zero attached hydrogens (tertiary/aromatic N) is 1. The van der Waals surface area contributed by atoms with E-state index in [2.05, 4.69) is 18.7 Å². The Morgan fingerprint density at radius 1 is 1.47 bits per heavy atom. The van der Waals surface area contributed by atoms with Gasteiger partial charge in [0.05, 0.1) is 5.84 Å². The van der Waals surface area contributed by atoms with Gasteiger partial charge in [-0.25, -0.2) is 0 Å². The quantitative estimate of drug-likeness (QED) is 0.541. The molecule has 3 nitrogen and oxygen atoms in total. The van der Waals surface area contributed by atoms with E-state index in [-0.39, 0.29) is 0 Å². The fourth-order valence-electron chi connectivity index (χ4n) is 2.54. The number of likely N-dealkylation sites (tertiary alicyclic amines) is 1. The average molecular weight is 211 g/mol. The number of hydrogen-bond acceptors (Lipinski definition) is 2. The molecular weight excluding hydrogens is 186 g/mol. The first kappa shape index (κ1) is 12.5. The second kappa shape index (κ2) is 6.11. The molecule has 0 bridgehead atoms. The molecule has 1 aliphatic rings. The van der Waals surface area contributed by atoms with Gasteiger partial charge in [-0.15, -0.1) is 0 Å². The monoisotopic (exact) mass is 211 g/mol. The van der Waals surface area contributed by atoms with E-state index in [1.165, 1.54) is 38.8 Å². The summed E-state index contributed by atoms with van der Waals surface area (Å²) in [5, 5.41) is 7.30. The van der Waals surface area contributed by atoms with Crippen LogP contribution < -0.4 is 5.73 Å². The van der Waals surface area contributed by atoms with Gasteiger partial charge >= 0.3 is 0 Å². The van der Waals surface area contributed by atoms with Crippen LogP contribution in [0.25, 0.3) is 0 Å². The summed E-state index contributed by atoms with van der Waals surface area (Å²) in [6.07, 6.45) is 6.08. The topological polar surface area (TPSA) is 53.1 Å². The maximum Gasteiger partial charge on any atom is 0.0920 e. The molecular formula is C12H25N3. The lowest BCUT2D eigenvalue weighted by molar-refractivity contribution is 0.139. The van der Waals surface area contributed by atoms with Crippen LogP contribution in [-0.2, 0) is 0 Å². The molecule has 3 heteroatoms. The third kappa shape index (κ3) is 4.20. The van der Waals surface area contributed by atoms with Crippen molar-refractivity contribution in [2.24, 2.45) is 11.7 Å². The molecule has 0 aromatic carbocycles. The van der Waals surface area contributed by atoms with Gasteiger partial charge in [0.15, 0.2) is 0 Å². The predicted octanol–water partition coefficient (Wildman–Crippen LogP) is 2.21. The highest BCUT2D eigenvalue weighted by molar-refractivity contribution is 5.77. The second-order valence-corrected chi connectivity index (χ2v) is 4.85. The van der Waals surface area contributed by atoms with Crippen LogP contribution in [0.2, 0.25) is 0 Å². The summed E-state index contributed by atoms with van der Waals surface area (Å²) in [6.45, 7) is 6.84. The van der Waals surface area contributed by atoms with Gasteiger partial charge in [-0.05, 0) is 38.8 Å². The van der Waals surface area contributed by atoms with Crippen LogP contribution in [0.1, 0.15) is 46.0 Å². The Labute approximate surface area is 93.5 Å². The molecule has 0 spiro atoms. The van der Waals surface area contributed by atoms with E-state index in [0.717, 1.165) is 12.3 Å². The Balaban J connectivity index is 2.27. The smallest absolute Gasteiger partial charge is 0.0920 e. The first-order chi connectivity index (χ1) is 7.13. The molecule has 1 aliphatic heterocycles. The Bertz CT molecular complexity index is 195. The van der Waals surface area contributed by atoms with Crippen molar-refractivity contribution in [2.75, 3.05) is 13.1 Å². The lowest BCUT2D eigenvalue weighted by Crippen LogP contribution is -2.41. The predicted molar refractivity (Wildman–Crippen MR) is 65.2 cm³/mol. The maximum absolute atomic E-state index is 7.30. The zero-order valence-electron chi connectivity index (χ0n) is 10.1. The largest absolute Gasteiger partial charge is 0.388 e. The highest BCUT2D eigenvalue weighted by Crippen LogP contribution is 2.23. The van der Waals surface area contributed by atoms with Crippen LogP contribution in [0.5, 0.6) is 0 Å². The van der Waals surface area contributed by atoms with Crippen LogP contribution in [0.15, 0.2) is 0 Å². The fraction of sp³-hybridized carbons (Fsp3) is 0.917. The number of hydrogen-bond donors (Lipinski definition) is 2. The molecule has 3 N–H and O–H groups in total. The minimum absolute atomic E-state index is 0.318. The van der Waals surface area contributed by atoms with E-state index in [4.69, 9.17) is 11.1 Å².